The number of carbonyl (C=O) groups excluding carboxylic acids is 1. The first-order chi connectivity index (χ1) is 21.5. The van der Waals surface area contributed by atoms with Gasteiger partial charge in [0.2, 0.25) is 0 Å². The molecule has 2 aromatic heterocycles. The predicted molar refractivity (Wildman–Crippen MR) is 194 cm³/mol. The summed E-state index contributed by atoms with van der Waals surface area (Å²) in [5.41, 5.74) is 5.96. The van der Waals surface area contributed by atoms with Gasteiger partial charge in [0.25, 0.3) is 0 Å². The van der Waals surface area contributed by atoms with E-state index in [0.717, 1.165) is 42.3 Å². The Labute approximate surface area is 293 Å². The van der Waals surface area contributed by atoms with Crippen molar-refractivity contribution in [3.05, 3.63) is 102 Å². The van der Waals surface area contributed by atoms with E-state index < -0.39 is 0 Å². The van der Waals surface area contributed by atoms with E-state index >= 15 is 0 Å². The Hall–Kier alpha value is -3.11. The van der Waals surface area contributed by atoms with Crippen molar-refractivity contribution >= 4 is 38.0 Å². The molecule has 2 heterocycles. The molecule has 3 aromatic carbocycles. The second-order valence-electron chi connectivity index (χ2n) is 12.9. The first kappa shape index (κ1) is 37.3. The number of fused-ring (bicyclic) bond motifs is 2. The zero-order chi connectivity index (χ0) is 32.7. The van der Waals surface area contributed by atoms with E-state index in [1.165, 1.54) is 43.1 Å². The molecule has 0 spiro atoms. The zero-order valence-electron chi connectivity index (χ0n) is 28.5. The summed E-state index contributed by atoms with van der Waals surface area (Å²) in [7, 11) is 0. The summed E-state index contributed by atoms with van der Waals surface area (Å²) >= 11 is 1.85. The van der Waals surface area contributed by atoms with Crippen LogP contribution in [0, 0.1) is 24.8 Å². The molecule has 1 N–H and O–H groups in total. The smallest absolute Gasteiger partial charge is 0.162 e. The molecule has 5 heteroatoms. The van der Waals surface area contributed by atoms with E-state index in [2.05, 4.69) is 100 Å². The number of aliphatic hydroxyl groups is 1. The normalized spacial score (nSPS) is 11.9. The van der Waals surface area contributed by atoms with Gasteiger partial charge in [0, 0.05) is 59.5 Å². The van der Waals surface area contributed by atoms with Crippen molar-refractivity contribution in [2.24, 2.45) is 11.8 Å². The number of ketones is 1. The van der Waals surface area contributed by atoms with Gasteiger partial charge >= 0.3 is 0 Å². The molecule has 0 amide bonds. The third-order valence-electron chi connectivity index (χ3n) is 8.81. The van der Waals surface area contributed by atoms with Gasteiger partial charge in [0.15, 0.2) is 5.78 Å². The number of pyridine rings is 1. The van der Waals surface area contributed by atoms with Crippen LogP contribution >= 0.6 is 11.3 Å². The van der Waals surface area contributed by atoms with E-state index in [4.69, 9.17) is 4.98 Å². The molecule has 5 rings (SSSR count). The number of hydrogen-bond acceptors (Lipinski definition) is 4. The molecule has 0 unspecified atom stereocenters. The summed E-state index contributed by atoms with van der Waals surface area (Å²) in [6.07, 6.45) is 6.83. The second kappa shape index (κ2) is 16.6. The molecule has 3 nitrogen and oxygen atoms in total. The molecule has 0 aliphatic carbocycles. The molecular formula is C41H48IrNO2S-. The average molecular weight is 811 g/mol. The van der Waals surface area contributed by atoms with Crippen molar-refractivity contribution in [2.45, 2.75) is 86.5 Å². The minimum Gasteiger partial charge on any atom is -0.512 e. The van der Waals surface area contributed by atoms with E-state index in [0.29, 0.717) is 0 Å². The number of carbonyl (C=O) groups is 1. The van der Waals surface area contributed by atoms with Crippen LogP contribution in [-0.4, -0.2) is 15.9 Å². The largest absolute Gasteiger partial charge is 0.512 e. The molecular weight excluding hydrogens is 763 g/mol. The molecule has 0 aliphatic rings. The fraction of sp³-hybridized carbons (Fsp3) is 0.366. The maximum Gasteiger partial charge on any atom is 0.162 e. The number of thiophene rings is 1. The molecule has 0 saturated carbocycles. The SMILES string of the molecule is CCC(CC)C(=O)/C=C(\O)C(CC)CC.Cc1c(-c2ccnc(-c3[c-]c4ccccc4c(C(C)(C)C)c3)c2)sc2ccccc12.[Ir]. The standard InChI is InChI=1S/C28H24NS.C13H24O2.Ir/c1-18-22-10-7-8-12-26(22)30-27(18)20-13-14-29-25(17-20)21-15-19-9-5-6-11-23(19)24(16-21)28(2,3)4;1-5-10(6-2)12(14)9-13(15)11(7-3)8-4;/h5-14,16-17H,1-4H3;9-11,14H,5-8H2,1-4H3;/q-1;;/b;12-9-;. The molecule has 5 aromatic rings. The van der Waals surface area contributed by atoms with Crippen molar-refractivity contribution in [1.29, 1.82) is 0 Å². The fourth-order valence-corrected chi connectivity index (χ4v) is 7.14. The van der Waals surface area contributed by atoms with Gasteiger partial charge in [-0.3, -0.25) is 9.78 Å². The van der Waals surface area contributed by atoms with Crippen molar-refractivity contribution in [3.8, 4) is 21.7 Å². The van der Waals surface area contributed by atoms with Crippen LogP contribution in [-0.2, 0) is 30.3 Å². The van der Waals surface area contributed by atoms with E-state index in [9.17, 15) is 9.90 Å². The average Bonchev–Trinajstić information content (AvgIpc) is 3.38. The number of allylic oxidation sites excluding steroid dienone is 2. The number of nitrogens with zero attached hydrogens (tertiary/aromatic N) is 1. The minimum absolute atomic E-state index is 0. The Morgan fingerprint density at radius 2 is 1.50 bits per heavy atom. The van der Waals surface area contributed by atoms with Gasteiger partial charge in [-0.2, -0.15) is 0 Å². The van der Waals surface area contributed by atoms with Gasteiger partial charge in [0.1, 0.15) is 0 Å². The van der Waals surface area contributed by atoms with Crippen LogP contribution in [0.1, 0.15) is 85.3 Å². The van der Waals surface area contributed by atoms with Gasteiger partial charge in [-0.15, -0.1) is 40.5 Å². The topological polar surface area (TPSA) is 50.2 Å². The van der Waals surface area contributed by atoms with E-state index in [1.807, 2.05) is 45.2 Å². The second-order valence-corrected chi connectivity index (χ2v) is 13.9. The van der Waals surface area contributed by atoms with Crippen LogP contribution < -0.4 is 0 Å². The van der Waals surface area contributed by atoms with Gasteiger partial charge < -0.3 is 5.11 Å². The fourth-order valence-electron chi connectivity index (χ4n) is 5.94. The summed E-state index contributed by atoms with van der Waals surface area (Å²) in [4.78, 5) is 17.8. The number of aromatic nitrogens is 1. The van der Waals surface area contributed by atoms with Gasteiger partial charge in [0.05, 0.1) is 5.76 Å². The summed E-state index contributed by atoms with van der Waals surface area (Å²) in [5, 5.41) is 13.5. The van der Waals surface area contributed by atoms with Crippen molar-refractivity contribution < 1.29 is 30.0 Å². The molecule has 0 bridgehead atoms. The summed E-state index contributed by atoms with van der Waals surface area (Å²) in [6, 6.07) is 27.4. The van der Waals surface area contributed by atoms with Crippen molar-refractivity contribution in [3.63, 3.8) is 0 Å². The monoisotopic (exact) mass is 811 g/mol. The Morgan fingerprint density at radius 1 is 0.891 bits per heavy atom. The summed E-state index contributed by atoms with van der Waals surface area (Å²) in [5.74, 6) is 0.547. The summed E-state index contributed by atoms with van der Waals surface area (Å²) < 4.78 is 1.33. The Kier molecular flexibility index (Phi) is 13.5. The predicted octanol–water partition coefficient (Wildman–Crippen LogP) is 12.1. The molecule has 46 heavy (non-hydrogen) atoms. The first-order valence-corrected chi connectivity index (χ1v) is 17.2. The van der Waals surface area contributed by atoms with Crippen LogP contribution in [0.25, 0.3) is 42.6 Å². The number of benzene rings is 3. The molecule has 0 saturated heterocycles. The van der Waals surface area contributed by atoms with Crippen molar-refractivity contribution in [1.82, 2.24) is 4.98 Å². The Morgan fingerprint density at radius 3 is 2.11 bits per heavy atom. The number of hydrogen-bond donors (Lipinski definition) is 1. The molecule has 0 fully saturated rings. The van der Waals surface area contributed by atoms with Crippen LogP contribution in [0.3, 0.4) is 0 Å². The third-order valence-corrected chi connectivity index (χ3v) is 10.1. The molecule has 1 radical (unpaired) electrons. The molecule has 0 atom stereocenters. The van der Waals surface area contributed by atoms with Crippen LogP contribution in [0.15, 0.2) is 84.8 Å². The maximum atomic E-state index is 11.7. The van der Waals surface area contributed by atoms with Crippen LogP contribution in [0.5, 0.6) is 0 Å². The number of aryl methyl sites for hydroxylation is 1. The molecule has 245 valence electrons. The summed E-state index contributed by atoms with van der Waals surface area (Å²) in [6.45, 7) is 17.1. The van der Waals surface area contributed by atoms with E-state index in [-0.39, 0.29) is 48.9 Å². The van der Waals surface area contributed by atoms with Crippen molar-refractivity contribution in [2.75, 3.05) is 0 Å². The van der Waals surface area contributed by atoms with Gasteiger partial charge in [-0.25, -0.2) is 0 Å². The van der Waals surface area contributed by atoms with Gasteiger partial charge in [-0.05, 0) is 66.7 Å². The Bertz CT molecular complexity index is 1790. The number of rotatable bonds is 9. The van der Waals surface area contributed by atoms with E-state index in [1.54, 1.807) is 0 Å². The minimum atomic E-state index is 0. The zero-order valence-corrected chi connectivity index (χ0v) is 31.7. The first-order valence-electron chi connectivity index (χ1n) is 16.4. The number of aliphatic hydroxyl groups excluding tert-OH is 1. The molecule has 0 aliphatic heterocycles. The Balaban J connectivity index is 0.000000309. The van der Waals surface area contributed by atoms with Gasteiger partial charge in [-0.1, -0.05) is 102 Å². The quantitative estimate of drug-likeness (QED) is 0.0916. The maximum absolute atomic E-state index is 11.7. The van der Waals surface area contributed by atoms with Crippen LogP contribution in [0.2, 0.25) is 0 Å². The third kappa shape index (κ3) is 8.62. The van der Waals surface area contributed by atoms with Crippen LogP contribution in [0.4, 0.5) is 0 Å².